The van der Waals surface area contributed by atoms with Crippen LogP contribution in [0.5, 0.6) is 0 Å². The number of carboxylic acid groups (broad SMARTS) is 1. The molecule has 0 aliphatic heterocycles. The Bertz CT molecular complexity index is 482. The number of amides is 1. The van der Waals surface area contributed by atoms with Crippen molar-refractivity contribution in [2.45, 2.75) is 46.6 Å². The van der Waals surface area contributed by atoms with Gasteiger partial charge >= 0.3 is 24.0 Å². The molecule has 0 radical (unpaired) electrons. The molecule has 2 N–H and O–H groups in total. The number of carbonyl (C=O) groups is 4. The molecule has 0 aromatic carbocycles. The summed E-state index contributed by atoms with van der Waals surface area (Å²) in [7, 11) is 0. The van der Waals surface area contributed by atoms with Crippen molar-refractivity contribution >= 4 is 24.0 Å². The van der Waals surface area contributed by atoms with Crippen molar-refractivity contribution in [3.05, 3.63) is 0 Å². The minimum Gasteiger partial charge on any atom is -0.481 e. The summed E-state index contributed by atoms with van der Waals surface area (Å²) in [5.74, 6) is -2.67. The van der Waals surface area contributed by atoms with Gasteiger partial charge in [-0.15, -0.1) is 0 Å². The Morgan fingerprint density at radius 1 is 0.958 bits per heavy atom. The third-order valence-corrected chi connectivity index (χ3v) is 2.68. The fourth-order valence-corrected chi connectivity index (χ4v) is 1.26. The first-order chi connectivity index (χ1) is 10.9. The molecule has 9 heteroatoms. The Labute approximate surface area is 140 Å². The third-order valence-electron chi connectivity index (χ3n) is 2.68. The average molecular weight is 347 g/mol. The first-order valence-corrected chi connectivity index (χ1v) is 7.41. The topological polar surface area (TPSA) is 128 Å². The molecule has 0 spiro atoms. The molecule has 24 heavy (non-hydrogen) atoms. The second kappa shape index (κ2) is 9.09. The molecule has 0 saturated heterocycles. The van der Waals surface area contributed by atoms with Gasteiger partial charge in [0.25, 0.3) is 0 Å². The van der Waals surface area contributed by atoms with Crippen molar-refractivity contribution in [1.82, 2.24) is 5.32 Å². The lowest BCUT2D eigenvalue weighted by molar-refractivity contribution is -0.165. The molecular weight excluding hydrogens is 322 g/mol. The highest BCUT2D eigenvalue weighted by atomic mass is 16.6. The second-order valence-corrected chi connectivity index (χ2v) is 6.40. The molecule has 0 aliphatic carbocycles. The number of hydrogen-bond acceptors (Lipinski definition) is 7. The molecule has 1 atom stereocenters. The van der Waals surface area contributed by atoms with Crippen LogP contribution < -0.4 is 5.32 Å². The quantitative estimate of drug-likeness (QED) is 0.493. The van der Waals surface area contributed by atoms with E-state index in [-0.39, 0.29) is 6.42 Å². The van der Waals surface area contributed by atoms with Crippen molar-refractivity contribution in [1.29, 1.82) is 0 Å². The number of hydrogen-bond donors (Lipinski definition) is 2. The zero-order chi connectivity index (χ0) is 19.0. The van der Waals surface area contributed by atoms with Crippen molar-refractivity contribution in [2.24, 2.45) is 5.41 Å². The third kappa shape index (κ3) is 8.96. The Morgan fingerprint density at radius 2 is 1.46 bits per heavy atom. The number of carboxylic acids is 1. The summed E-state index contributed by atoms with van der Waals surface area (Å²) in [6.07, 6.45) is -0.688. The van der Waals surface area contributed by atoms with Gasteiger partial charge in [0.2, 0.25) is 0 Å². The molecule has 0 aromatic heterocycles. The highest BCUT2D eigenvalue weighted by Gasteiger charge is 2.36. The molecule has 0 rings (SSSR count). The predicted octanol–water partition coefficient (Wildman–Crippen LogP) is 1.10. The molecule has 0 saturated carbocycles. The number of carbonyl (C=O) groups excluding carboxylic acids is 3. The predicted molar refractivity (Wildman–Crippen MR) is 82.2 cm³/mol. The Morgan fingerprint density at radius 3 is 1.88 bits per heavy atom. The number of rotatable bonds is 8. The molecule has 9 nitrogen and oxygen atoms in total. The van der Waals surface area contributed by atoms with Crippen LogP contribution in [0, 0.1) is 5.41 Å². The largest absolute Gasteiger partial charge is 0.481 e. The van der Waals surface area contributed by atoms with Crippen LogP contribution in [-0.4, -0.2) is 54.5 Å². The normalized spacial score (nSPS) is 13.4. The number of aliphatic carboxylic acids is 1. The van der Waals surface area contributed by atoms with E-state index >= 15 is 0 Å². The van der Waals surface area contributed by atoms with Gasteiger partial charge in [-0.05, 0) is 27.7 Å². The van der Waals surface area contributed by atoms with E-state index in [1.54, 1.807) is 27.7 Å². The first-order valence-electron chi connectivity index (χ1n) is 7.41. The Balaban J connectivity index is 4.39. The second-order valence-electron chi connectivity index (χ2n) is 6.40. The van der Waals surface area contributed by atoms with Crippen LogP contribution in [0.4, 0.5) is 4.79 Å². The standard InChI is InChI=1S/C15H25NO8/c1-6-10(17)22-8-15(5,12(19)20)9-23-11(18)7-16-13(21)24-14(2,3)4/h6-9H2,1-5H3,(H,16,21)(H,19,20). The Hall–Kier alpha value is -2.32. The van der Waals surface area contributed by atoms with Crippen LogP contribution >= 0.6 is 0 Å². The monoisotopic (exact) mass is 347 g/mol. The van der Waals surface area contributed by atoms with Crippen molar-refractivity contribution in [2.75, 3.05) is 19.8 Å². The van der Waals surface area contributed by atoms with E-state index in [1.807, 2.05) is 0 Å². The summed E-state index contributed by atoms with van der Waals surface area (Å²) in [6.45, 7) is 6.45. The fourth-order valence-electron chi connectivity index (χ4n) is 1.26. The molecule has 0 fully saturated rings. The van der Waals surface area contributed by atoms with E-state index in [2.05, 4.69) is 5.32 Å². The van der Waals surface area contributed by atoms with E-state index in [9.17, 15) is 24.3 Å². The zero-order valence-corrected chi connectivity index (χ0v) is 14.6. The molecule has 1 amide bonds. The molecule has 138 valence electrons. The van der Waals surface area contributed by atoms with E-state index in [0.717, 1.165) is 0 Å². The highest BCUT2D eigenvalue weighted by Crippen LogP contribution is 2.18. The van der Waals surface area contributed by atoms with E-state index in [1.165, 1.54) is 6.92 Å². The molecule has 1 unspecified atom stereocenters. The molecule has 0 aromatic rings. The maximum Gasteiger partial charge on any atom is 0.408 e. The molecule has 0 heterocycles. The Kier molecular flexibility index (Phi) is 8.21. The van der Waals surface area contributed by atoms with Gasteiger partial charge < -0.3 is 24.6 Å². The molecule has 0 bridgehead atoms. The summed E-state index contributed by atoms with van der Waals surface area (Å²) in [4.78, 5) is 45.4. The van der Waals surface area contributed by atoms with Crippen molar-refractivity contribution in [3.63, 3.8) is 0 Å². The van der Waals surface area contributed by atoms with E-state index < -0.39 is 54.8 Å². The van der Waals surface area contributed by atoms with Crippen molar-refractivity contribution in [3.8, 4) is 0 Å². The molecular formula is C15H25NO8. The van der Waals surface area contributed by atoms with Crippen LogP contribution in [-0.2, 0) is 28.6 Å². The lowest BCUT2D eigenvalue weighted by Gasteiger charge is -2.24. The molecule has 0 aliphatic rings. The van der Waals surface area contributed by atoms with Crippen LogP contribution in [0.2, 0.25) is 0 Å². The van der Waals surface area contributed by atoms with Crippen LogP contribution in [0.25, 0.3) is 0 Å². The minimum absolute atomic E-state index is 0.106. The highest BCUT2D eigenvalue weighted by molar-refractivity contribution is 5.79. The summed E-state index contributed by atoms with van der Waals surface area (Å²) in [5, 5.41) is 11.4. The summed E-state index contributed by atoms with van der Waals surface area (Å²) >= 11 is 0. The van der Waals surface area contributed by atoms with Crippen molar-refractivity contribution < 1.29 is 38.5 Å². The fraction of sp³-hybridized carbons (Fsp3) is 0.733. The number of esters is 2. The number of alkyl carbamates (subject to hydrolysis) is 1. The maximum absolute atomic E-state index is 11.6. The lowest BCUT2D eigenvalue weighted by atomic mass is 9.93. The zero-order valence-electron chi connectivity index (χ0n) is 14.6. The van der Waals surface area contributed by atoms with E-state index in [4.69, 9.17) is 14.2 Å². The number of ether oxygens (including phenoxy) is 3. The average Bonchev–Trinajstić information content (AvgIpc) is 2.46. The van der Waals surface area contributed by atoms with Gasteiger partial charge in [-0.3, -0.25) is 14.4 Å². The number of nitrogens with one attached hydrogen (secondary N) is 1. The van der Waals surface area contributed by atoms with Gasteiger partial charge in [0, 0.05) is 6.42 Å². The van der Waals surface area contributed by atoms with Gasteiger partial charge in [0.1, 0.15) is 30.8 Å². The van der Waals surface area contributed by atoms with Crippen LogP contribution in [0.1, 0.15) is 41.0 Å². The smallest absolute Gasteiger partial charge is 0.408 e. The maximum atomic E-state index is 11.6. The van der Waals surface area contributed by atoms with Crippen LogP contribution in [0.3, 0.4) is 0 Å². The van der Waals surface area contributed by atoms with Gasteiger partial charge in [-0.25, -0.2) is 4.79 Å². The van der Waals surface area contributed by atoms with Crippen LogP contribution in [0.15, 0.2) is 0 Å². The SMILES string of the molecule is CCC(=O)OCC(C)(COC(=O)CNC(=O)OC(C)(C)C)C(=O)O. The van der Waals surface area contributed by atoms with Gasteiger partial charge in [-0.2, -0.15) is 0 Å². The summed E-state index contributed by atoms with van der Waals surface area (Å²) in [5.41, 5.74) is -2.29. The summed E-state index contributed by atoms with van der Waals surface area (Å²) in [6, 6.07) is 0. The van der Waals surface area contributed by atoms with E-state index in [0.29, 0.717) is 0 Å². The first kappa shape index (κ1) is 21.7. The van der Waals surface area contributed by atoms with Gasteiger partial charge in [0.15, 0.2) is 0 Å². The van der Waals surface area contributed by atoms with Gasteiger partial charge in [0.05, 0.1) is 0 Å². The minimum atomic E-state index is -1.58. The van der Waals surface area contributed by atoms with Gasteiger partial charge in [-0.1, -0.05) is 6.92 Å². The lowest BCUT2D eigenvalue weighted by Crippen LogP contribution is -2.41. The summed E-state index contributed by atoms with van der Waals surface area (Å²) < 4.78 is 14.6.